The lowest BCUT2D eigenvalue weighted by molar-refractivity contribution is -0.388. The van der Waals surface area contributed by atoms with Crippen LogP contribution in [0.1, 0.15) is 18.4 Å². The summed E-state index contributed by atoms with van der Waals surface area (Å²) in [6.07, 6.45) is -2.78. The number of nitro groups is 1. The Morgan fingerprint density at radius 2 is 1.90 bits per heavy atom. The fraction of sp³-hybridized carbons (Fsp3) is 0.462. The number of rotatable bonds is 3. The Bertz CT molecular complexity index is 552. The summed E-state index contributed by atoms with van der Waals surface area (Å²) in [4.78, 5) is 22.0. The number of alkyl halides is 3. The number of carbonyl (C=O) groups is 1. The van der Waals surface area contributed by atoms with Gasteiger partial charge in [-0.05, 0) is 25.0 Å². The molecule has 0 N–H and O–H groups in total. The highest BCUT2D eigenvalue weighted by Crippen LogP contribution is 2.38. The summed E-state index contributed by atoms with van der Waals surface area (Å²) in [5.74, 6) is -0.0682. The first-order chi connectivity index (χ1) is 9.82. The molecule has 1 aliphatic rings. The number of hydrogen-bond acceptors (Lipinski definition) is 4. The van der Waals surface area contributed by atoms with Gasteiger partial charge in [0, 0.05) is 30.8 Å². The SMILES string of the molecule is O=CC1CCN(c2ccc([N+](=O)[O-])c(C(F)(F)F)c2)CC1. The first-order valence-corrected chi connectivity index (χ1v) is 6.39. The molecule has 114 valence electrons. The molecule has 1 aliphatic heterocycles. The molecule has 2 rings (SSSR count). The molecule has 0 amide bonds. The standard InChI is InChI=1S/C13H13F3N2O3/c14-13(15,16)11-7-10(1-2-12(11)18(20)21)17-5-3-9(8-19)4-6-17/h1-2,7-9H,3-6H2. The van der Waals surface area contributed by atoms with E-state index >= 15 is 0 Å². The van der Waals surface area contributed by atoms with Crippen LogP contribution in [0.5, 0.6) is 0 Å². The molecule has 0 saturated carbocycles. The summed E-state index contributed by atoms with van der Waals surface area (Å²) in [5.41, 5.74) is -1.91. The molecule has 0 spiro atoms. The molecule has 5 nitrogen and oxygen atoms in total. The van der Waals surface area contributed by atoms with Gasteiger partial charge in [0.2, 0.25) is 0 Å². The Morgan fingerprint density at radius 1 is 1.29 bits per heavy atom. The van der Waals surface area contributed by atoms with E-state index in [1.54, 1.807) is 4.90 Å². The molecule has 1 aromatic rings. The van der Waals surface area contributed by atoms with Gasteiger partial charge in [0.1, 0.15) is 11.8 Å². The molecule has 8 heteroatoms. The molecule has 0 bridgehead atoms. The Balaban J connectivity index is 2.30. The highest BCUT2D eigenvalue weighted by molar-refractivity contribution is 5.58. The Morgan fingerprint density at radius 3 is 2.38 bits per heavy atom. The number of piperidine rings is 1. The van der Waals surface area contributed by atoms with Crippen molar-refractivity contribution in [2.45, 2.75) is 19.0 Å². The summed E-state index contributed by atoms with van der Waals surface area (Å²) in [6.45, 7) is 0.914. The van der Waals surface area contributed by atoms with E-state index in [1.807, 2.05) is 0 Å². The summed E-state index contributed by atoms with van der Waals surface area (Å²) in [6, 6.07) is 3.00. The first kappa shape index (κ1) is 15.3. The van der Waals surface area contributed by atoms with Gasteiger partial charge in [0.25, 0.3) is 5.69 Å². The minimum Gasteiger partial charge on any atom is -0.371 e. The summed E-state index contributed by atoms with van der Waals surface area (Å²) >= 11 is 0. The van der Waals surface area contributed by atoms with Crippen molar-refractivity contribution >= 4 is 17.7 Å². The van der Waals surface area contributed by atoms with Crippen LogP contribution in [0.15, 0.2) is 18.2 Å². The molecule has 1 heterocycles. The Kier molecular flexibility index (Phi) is 4.15. The second-order valence-electron chi connectivity index (χ2n) is 4.92. The van der Waals surface area contributed by atoms with Crippen molar-refractivity contribution < 1.29 is 22.9 Å². The van der Waals surface area contributed by atoms with Gasteiger partial charge in [-0.15, -0.1) is 0 Å². The number of hydrogen-bond donors (Lipinski definition) is 0. The van der Waals surface area contributed by atoms with Gasteiger partial charge in [-0.2, -0.15) is 13.2 Å². The van der Waals surface area contributed by atoms with Crippen molar-refractivity contribution in [1.82, 2.24) is 0 Å². The third-order valence-electron chi connectivity index (χ3n) is 3.58. The van der Waals surface area contributed by atoms with Crippen LogP contribution >= 0.6 is 0 Å². The van der Waals surface area contributed by atoms with Crippen LogP contribution in [-0.4, -0.2) is 24.3 Å². The van der Waals surface area contributed by atoms with Crippen LogP contribution in [-0.2, 0) is 11.0 Å². The van der Waals surface area contributed by atoms with Gasteiger partial charge in [-0.3, -0.25) is 10.1 Å². The molecule has 0 unspecified atom stereocenters. The van der Waals surface area contributed by atoms with E-state index in [0.29, 0.717) is 25.9 Å². The fourth-order valence-electron chi connectivity index (χ4n) is 2.40. The molecule has 0 atom stereocenters. The minimum atomic E-state index is -4.78. The van der Waals surface area contributed by atoms with Crippen molar-refractivity contribution in [3.8, 4) is 0 Å². The molecule has 21 heavy (non-hydrogen) atoms. The molecule has 1 saturated heterocycles. The Labute approximate surface area is 118 Å². The van der Waals surface area contributed by atoms with Crippen LogP contribution in [0, 0.1) is 16.0 Å². The van der Waals surface area contributed by atoms with Gasteiger partial charge < -0.3 is 9.69 Å². The highest BCUT2D eigenvalue weighted by Gasteiger charge is 2.38. The molecule has 1 aromatic carbocycles. The highest BCUT2D eigenvalue weighted by atomic mass is 19.4. The maximum atomic E-state index is 12.9. The minimum absolute atomic E-state index is 0.0682. The lowest BCUT2D eigenvalue weighted by Gasteiger charge is -2.31. The predicted octanol–water partition coefficient (Wildman–Crippen LogP) is 3.03. The second-order valence-corrected chi connectivity index (χ2v) is 4.92. The summed E-state index contributed by atoms with van der Waals surface area (Å²) < 4.78 is 38.7. The average Bonchev–Trinajstić information content (AvgIpc) is 2.45. The van der Waals surface area contributed by atoms with E-state index in [0.717, 1.165) is 18.4 Å². The van der Waals surface area contributed by atoms with E-state index in [4.69, 9.17) is 0 Å². The molecular weight excluding hydrogens is 289 g/mol. The largest absolute Gasteiger partial charge is 0.423 e. The zero-order valence-corrected chi connectivity index (χ0v) is 11.0. The second kappa shape index (κ2) is 5.71. The number of nitro benzene ring substituents is 1. The normalized spacial score (nSPS) is 16.8. The van der Waals surface area contributed by atoms with Crippen LogP contribution in [0.2, 0.25) is 0 Å². The predicted molar refractivity (Wildman–Crippen MR) is 69.1 cm³/mol. The van der Waals surface area contributed by atoms with E-state index in [1.165, 1.54) is 6.07 Å². The lowest BCUT2D eigenvalue weighted by Crippen LogP contribution is -2.34. The monoisotopic (exact) mass is 302 g/mol. The quantitative estimate of drug-likeness (QED) is 0.489. The zero-order chi connectivity index (χ0) is 15.6. The molecule has 0 radical (unpaired) electrons. The van der Waals surface area contributed by atoms with Crippen LogP contribution in [0.4, 0.5) is 24.5 Å². The molecule has 0 aliphatic carbocycles. The molecular formula is C13H13F3N2O3. The third-order valence-corrected chi connectivity index (χ3v) is 3.58. The van der Waals surface area contributed by atoms with Gasteiger partial charge in [0.05, 0.1) is 4.92 Å². The van der Waals surface area contributed by atoms with E-state index in [2.05, 4.69) is 0 Å². The topological polar surface area (TPSA) is 63.5 Å². The fourth-order valence-corrected chi connectivity index (χ4v) is 2.40. The Hall–Kier alpha value is -2.12. The number of halogens is 3. The van der Waals surface area contributed by atoms with Crippen molar-refractivity contribution in [3.05, 3.63) is 33.9 Å². The number of aldehydes is 1. The van der Waals surface area contributed by atoms with Gasteiger partial charge in [-0.1, -0.05) is 0 Å². The van der Waals surface area contributed by atoms with Crippen molar-refractivity contribution in [2.24, 2.45) is 5.92 Å². The van der Waals surface area contributed by atoms with Crippen molar-refractivity contribution in [3.63, 3.8) is 0 Å². The van der Waals surface area contributed by atoms with Crippen LogP contribution in [0.3, 0.4) is 0 Å². The smallest absolute Gasteiger partial charge is 0.371 e. The first-order valence-electron chi connectivity index (χ1n) is 6.39. The van der Waals surface area contributed by atoms with Gasteiger partial charge in [-0.25, -0.2) is 0 Å². The third kappa shape index (κ3) is 3.32. The van der Waals surface area contributed by atoms with Crippen molar-refractivity contribution in [1.29, 1.82) is 0 Å². The lowest BCUT2D eigenvalue weighted by atomic mass is 9.98. The summed E-state index contributed by atoms with van der Waals surface area (Å²) in [5, 5.41) is 10.7. The summed E-state index contributed by atoms with van der Waals surface area (Å²) in [7, 11) is 0. The zero-order valence-electron chi connectivity index (χ0n) is 11.0. The maximum absolute atomic E-state index is 12.9. The van der Waals surface area contributed by atoms with E-state index in [9.17, 15) is 28.1 Å². The van der Waals surface area contributed by atoms with Crippen LogP contribution in [0.25, 0.3) is 0 Å². The number of carbonyl (C=O) groups excluding carboxylic acids is 1. The van der Waals surface area contributed by atoms with E-state index < -0.39 is 22.4 Å². The molecule has 1 fully saturated rings. The van der Waals surface area contributed by atoms with Crippen molar-refractivity contribution in [2.75, 3.05) is 18.0 Å². The number of nitrogens with zero attached hydrogens (tertiary/aromatic N) is 2. The van der Waals surface area contributed by atoms with Gasteiger partial charge >= 0.3 is 6.18 Å². The maximum Gasteiger partial charge on any atom is 0.423 e. The van der Waals surface area contributed by atoms with Gasteiger partial charge in [0.15, 0.2) is 0 Å². The molecule has 0 aromatic heterocycles. The van der Waals surface area contributed by atoms with E-state index in [-0.39, 0.29) is 11.6 Å². The number of benzene rings is 1. The number of anilines is 1. The van der Waals surface area contributed by atoms with Crippen LogP contribution < -0.4 is 4.90 Å². The average molecular weight is 302 g/mol.